The first kappa shape index (κ1) is 14.8. The van der Waals surface area contributed by atoms with Gasteiger partial charge in [-0.2, -0.15) is 12.6 Å². The summed E-state index contributed by atoms with van der Waals surface area (Å²) in [6, 6.07) is 0. The standard InChI is InChI=1S/C12H24O2S/c1-3-5-6-7-8-9-10-11(15)12(13)14-4-2/h11,15H,3-10H2,1-2H3. The van der Waals surface area contributed by atoms with E-state index in [1.807, 2.05) is 6.92 Å². The third-order valence-electron chi connectivity index (χ3n) is 2.39. The highest BCUT2D eigenvalue weighted by atomic mass is 32.1. The number of ether oxygens (including phenoxy) is 1. The van der Waals surface area contributed by atoms with E-state index >= 15 is 0 Å². The Kier molecular flexibility index (Phi) is 10.2. The van der Waals surface area contributed by atoms with Gasteiger partial charge in [-0.1, -0.05) is 45.4 Å². The molecule has 3 heteroatoms. The minimum absolute atomic E-state index is 0.172. The van der Waals surface area contributed by atoms with E-state index in [2.05, 4.69) is 19.6 Å². The van der Waals surface area contributed by atoms with Crippen LogP contribution in [0.2, 0.25) is 0 Å². The van der Waals surface area contributed by atoms with Crippen LogP contribution in [0.4, 0.5) is 0 Å². The number of carbonyl (C=O) groups is 1. The molecule has 0 amide bonds. The van der Waals surface area contributed by atoms with Crippen LogP contribution in [0.1, 0.15) is 58.8 Å². The Balaban J connectivity index is 3.30. The summed E-state index contributed by atoms with van der Waals surface area (Å²) in [5.41, 5.74) is 0. The zero-order valence-electron chi connectivity index (χ0n) is 10.00. The molecule has 0 radical (unpaired) electrons. The average molecular weight is 232 g/mol. The van der Waals surface area contributed by atoms with Crippen molar-refractivity contribution >= 4 is 18.6 Å². The van der Waals surface area contributed by atoms with Gasteiger partial charge in [0.1, 0.15) is 0 Å². The molecule has 0 rings (SSSR count). The first-order chi connectivity index (χ1) is 7.22. The van der Waals surface area contributed by atoms with E-state index in [4.69, 9.17) is 4.74 Å². The van der Waals surface area contributed by atoms with Gasteiger partial charge in [-0.3, -0.25) is 4.79 Å². The van der Waals surface area contributed by atoms with E-state index in [1.54, 1.807) is 0 Å². The molecule has 0 saturated heterocycles. The molecule has 1 unspecified atom stereocenters. The predicted molar refractivity (Wildman–Crippen MR) is 67.4 cm³/mol. The maximum absolute atomic E-state index is 11.2. The van der Waals surface area contributed by atoms with Crippen LogP contribution in [0.5, 0.6) is 0 Å². The molecular weight excluding hydrogens is 208 g/mol. The van der Waals surface area contributed by atoms with Gasteiger partial charge in [-0.05, 0) is 13.3 Å². The Morgan fingerprint density at radius 3 is 2.33 bits per heavy atom. The first-order valence-corrected chi connectivity index (χ1v) is 6.58. The highest BCUT2D eigenvalue weighted by Gasteiger charge is 2.13. The fraction of sp³-hybridized carbons (Fsp3) is 0.917. The smallest absolute Gasteiger partial charge is 0.318 e. The number of hydrogen-bond donors (Lipinski definition) is 1. The fourth-order valence-corrected chi connectivity index (χ4v) is 1.73. The summed E-state index contributed by atoms with van der Waals surface area (Å²) < 4.78 is 4.88. The molecule has 0 aliphatic carbocycles. The monoisotopic (exact) mass is 232 g/mol. The lowest BCUT2D eigenvalue weighted by atomic mass is 10.1. The molecule has 2 nitrogen and oxygen atoms in total. The van der Waals surface area contributed by atoms with Gasteiger partial charge in [0, 0.05) is 0 Å². The Morgan fingerprint density at radius 2 is 1.73 bits per heavy atom. The third kappa shape index (κ3) is 8.79. The number of esters is 1. The number of rotatable bonds is 9. The molecule has 90 valence electrons. The van der Waals surface area contributed by atoms with Gasteiger partial charge in [0.15, 0.2) is 0 Å². The molecular formula is C12H24O2S. The molecule has 0 spiro atoms. The minimum atomic E-state index is -0.226. The van der Waals surface area contributed by atoms with Crippen LogP contribution in [0.15, 0.2) is 0 Å². The van der Waals surface area contributed by atoms with Gasteiger partial charge in [-0.15, -0.1) is 0 Å². The Hall–Kier alpha value is -0.180. The van der Waals surface area contributed by atoms with Crippen molar-refractivity contribution in [3.8, 4) is 0 Å². The average Bonchev–Trinajstić information content (AvgIpc) is 2.23. The maximum atomic E-state index is 11.2. The van der Waals surface area contributed by atoms with E-state index in [0.717, 1.165) is 12.8 Å². The molecule has 0 saturated carbocycles. The van der Waals surface area contributed by atoms with Crippen molar-refractivity contribution in [1.82, 2.24) is 0 Å². The van der Waals surface area contributed by atoms with E-state index in [1.165, 1.54) is 32.1 Å². The molecule has 0 aliphatic heterocycles. The molecule has 0 aromatic heterocycles. The molecule has 0 N–H and O–H groups in total. The SMILES string of the molecule is CCCCCCCCC(S)C(=O)OCC. The van der Waals surface area contributed by atoms with Gasteiger partial charge in [0.2, 0.25) is 0 Å². The van der Waals surface area contributed by atoms with Crippen LogP contribution in [0.25, 0.3) is 0 Å². The summed E-state index contributed by atoms with van der Waals surface area (Å²) >= 11 is 4.23. The lowest BCUT2D eigenvalue weighted by molar-refractivity contribution is -0.142. The summed E-state index contributed by atoms with van der Waals surface area (Å²) in [6.45, 7) is 4.49. The van der Waals surface area contributed by atoms with Gasteiger partial charge in [0.05, 0.1) is 11.9 Å². The molecule has 0 aromatic carbocycles. The second-order valence-corrected chi connectivity index (χ2v) is 4.45. The minimum Gasteiger partial charge on any atom is -0.465 e. The normalized spacial score (nSPS) is 12.5. The van der Waals surface area contributed by atoms with E-state index in [9.17, 15) is 4.79 Å². The molecule has 0 fully saturated rings. The number of carbonyl (C=O) groups excluding carboxylic acids is 1. The predicted octanol–water partition coefficient (Wildman–Crippen LogP) is 3.60. The largest absolute Gasteiger partial charge is 0.465 e. The zero-order valence-corrected chi connectivity index (χ0v) is 10.9. The van der Waals surface area contributed by atoms with Crippen LogP contribution in [0, 0.1) is 0 Å². The summed E-state index contributed by atoms with van der Waals surface area (Å²) in [7, 11) is 0. The molecule has 0 aromatic rings. The lowest BCUT2D eigenvalue weighted by Gasteiger charge is -2.09. The zero-order chi connectivity index (χ0) is 11.5. The Labute approximate surface area is 99.2 Å². The lowest BCUT2D eigenvalue weighted by Crippen LogP contribution is -2.17. The Morgan fingerprint density at radius 1 is 1.13 bits per heavy atom. The van der Waals surface area contributed by atoms with Crippen molar-refractivity contribution in [2.45, 2.75) is 64.0 Å². The maximum Gasteiger partial charge on any atom is 0.318 e. The van der Waals surface area contributed by atoms with E-state index < -0.39 is 0 Å². The van der Waals surface area contributed by atoms with E-state index in [0.29, 0.717) is 6.61 Å². The first-order valence-electron chi connectivity index (χ1n) is 6.07. The Bertz CT molecular complexity index is 160. The topological polar surface area (TPSA) is 26.3 Å². The fourth-order valence-electron chi connectivity index (χ4n) is 1.47. The molecule has 15 heavy (non-hydrogen) atoms. The van der Waals surface area contributed by atoms with Gasteiger partial charge >= 0.3 is 5.97 Å². The highest BCUT2D eigenvalue weighted by molar-refractivity contribution is 7.81. The second-order valence-electron chi connectivity index (χ2n) is 3.82. The molecule has 1 atom stereocenters. The van der Waals surface area contributed by atoms with Crippen LogP contribution in [0.3, 0.4) is 0 Å². The highest BCUT2D eigenvalue weighted by Crippen LogP contribution is 2.12. The van der Waals surface area contributed by atoms with Crippen LogP contribution >= 0.6 is 12.6 Å². The van der Waals surface area contributed by atoms with E-state index in [-0.39, 0.29) is 11.2 Å². The second kappa shape index (κ2) is 10.3. The number of thiol groups is 1. The van der Waals surface area contributed by atoms with Gasteiger partial charge in [-0.25, -0.2) is 0 Å². The van der Waals surface area contributed by atoms with Crippen molar-refractivity contribution in [3.05, 3.63) is 0 Å². The summed E-state index contributed by atoms with van der Waals surface area (Å²) in [5, 5.41) is -0.226. The van der Waals surface area contributed by atoms with Crippen molar-refractivity contribution < 1.29 is 9.53 Å². The third-order valence-corrected chi connectivity index (χ3v) is 2.86. The van der Waals surface area contributed by atoms with Crippen LogP contribution in [-0.4, -0.2) is 17.8 Å². The molecule has 0 bridgehead atoms. The van der Waals surface area contributed by atoms with Crippen molar-refractivity contribution in [3.63, 3.8) is 0 Å². The molecule has 0 heterocycles. The van der Waals surface area contributed by atoms with Crippen molar-refractivity contribution in [1.29, 1.82) is 0 Å². The van der Waals surface area contributed by atoms with Crippen LogP contribution < -0.4 is 0 Å². The van der Waals surface area contributed by atoms with Gasteiger partial charge < -0.3 is 4.74 Å². The summed E-state index contributed by atoms with van der Waals surface area (Å²) in [6.07, 6.45) is 8.31. The molecule has 0 aliphatic rings. The summed E-state index contributed by atoms with van der Waals surface area (Å²) in [5.74, 6) is -0.172. The number of hydrogen-bond acceptors (Lipinski definition) is 3. The van der Waals surface area contributed by atoms with Crippen molar-refractivity contribution in [2.24, 2.45) is 0 Å². The van der Waals surface area contributed by atoms with Crippen molar-refractivity contribution in [2.75, 3.05) is 6.61 Å². The number of unbranched alkanes of at least 4 members (excludes halogenated alkanes) is 5. The van der Waals surface area contributed by atoms with Crippen LogP contribution in [-0.2, 0) is 9.53 Å². The van der Waals surface area contributed by atoms with Gasteiger partial charge in [0.25, 0.3) is 0 Å². The summed E-state index contributed by atoms with van der Waals surface area (Å²) in [4.78, 5) is 11.2. The quantitative estimate of drug-likeness (QED) is 0.373.